The highest BCUT2D eigenvalue weighted by Crippen LogP contribution is 2.24. The maximum absolute atomic E-state index is 12.8. The highest BCUT2D eigenvalue weighted by molar-refractivity contribution is 6.31. The standard InChI is InChI=1S/C20H20ClNO3/c1-13(10-15-4-2-3-5-18(15)21)19(23)22-9-8-14-6-7-16(20(24)25)11-17(14)12-22/h2-7,11,13H,8-10,12H2,1H3,(H,24,25). The van der Waals surface area contributed by atoms with E-state index in [0.717, 1.165) is 23.1 Å². The summed E-state index contributed by atoms with van der Waals surface area (Å²) >= 11 is 6.19. The van der Waals surface area contributed by atoms with Crippen molar-refractivity contribution in [1.82, 2.24) is 4.90 Å². The molecule has 1 atom stereocenters. The average molecular weight is 358 g/mol. The number of benzene rings is 2. The lowest BCUT2D eigenvalue weighted by molar-refractivity contribution is -0.135. The zero-order chi connectivity index (χ0) is 18.0. The summed E-state index contributed by atoms with van der Waals surface area (Å²) in [7, 11) is 0. The van der Waals surface area contributed by atoms with Crippen LogP contribution in [0.2, 0.25) is 5.02 Å². The number of halogens is 1. The van der Waals surface area contributed by atoms with E-state index in [4.69, 9.17) is 16.7 Å². The number of hydrogen-bond donors (Lipinski definition) is 1. The van der Waals surface area contributed by atoms with Gasteiger partial charge in [-0.2, -0.15) is 0 Å². The van der Waals surface area contributed by atoms with Crippen LogP contribution in [0.1, 0.15) is 34.0 Å². The van der Waals surface area contributed by atoms with Crippen LogP contribution in [0.4, 0.5) is 0 Å². The monoisotopic (exact) mass is 357 g/mol. The summed E-state index contributed by atoms with van der Waals surface area (Å²) in [6.07, 6.45) is 1.34. The number of nitrogens with zero attached hydrogens (tertiary/aromatic N) is 1. The fourth-order valence-electron chi connectivity index (χ4n) is 3.27. The van der Waals surface area contributed by atoms with Crippen LogP contribution in [-0.4, -0.2) is 28.4 Å². The summed E-state index contributed by atoms with van der Waals surface area (Å²) in [4.78, 5) is 25.8. The lowest BCUT2D eigenvalue weighted by Crippen LogP contribution is -2.39. The molecule has 1 amide bonds. The van der Waals surface area contributed by atoms with Gasteiger partial charge in [0.05, 0.1) is 5.56 Å². The number of carbonyl (C=O) groups excluding carboxylic acids is 1. The van der Waals surface area contributed by atoms with Gasteiger partial charge in [-0.05, 0) is 47.7 Å². The number of hydrogen-bond acceptors (Lipinski definition) is 2. The van der Waals surface area contributed by atoms with E-state index in [2.05, 4.69) is 0 Å². The van der Waals surface area contributed by atoms with Crippen LogP contribution in [0.3, 0.4) is 0 Å². The van der Waals surface area contributed by atoms with E-state index < -0.39 is 5.97 Å². The summed E-state index contributed by atoms with van der Waals surface area (Å²) in [5.74, 6) is -1.05. The summed E-state index contributed by atoms with van der Waals surface area (Å²) in [6, 6.07) is 12.7. The largest absolute Gasteiger partial charge is 0.478 e. The minimum absolute atomic E-state index is 0.0753. The van der Waals surface area contributed by atoms with Crippen molar-refractivity contribution >= 4 is 23.5 Å². The maximum Gasteiger partial charge on any atom is 0.335 e. The molecular weight excluding hydrogens is 338 g/mol. The van der Waals surface area contributed by atoms with Crippen LogP contribution in [0.25, 0.3) is 0 Å². The molecule has 4 nitrogen and oxygen atoms in total. The van der Waals surface area contributed by atoms with Crippen molar-refractivity contribution in [2.45, 2.75) is 26.3 Å². The highest BCUT2D eigenvalue weighted by Gasteiger charge is 2.25. The molecule has 1 aliphatic heterocycles. The second-order valence-corrected chi connectivity index (χ2v) is 6.90. The van der Waals surface area contributed by atoms with Crippen molar-refractivity contribution in [1.29, 1.82) is 0 Å². The number of rotatable bonds is 4. The van der Waals surface area contributed by atoms with Crippen LogP contribution in [0.15, 0.2) is 42.5 Å². The van der Waals surface area contributed by atoms with Crippen LogP contribution in [0.5, 0.6) is 0 Å². The molecule has 3 rings (SSSR count). The number of carboxylic acids is 1. The molecule has 0 saturated heterocycles. The van der Waals surface area contributed by atoms with E-state index in [1.54, 1.807) is 12.1 Å². The van der Waals surface area contributed by atoms with E-state index in [9.17, 15) is 9.59 Å². The molecular formula is C20H20ClNO3. The van der Waals surface area contributed by atoms with Gasteiger partial charge in [0.1, 0.15) is 0 Å². The first kappa shape index (κ1) is 17.5. The third kappa shape index (κ3) is 3.85. The van der Waals surface area contributed by atoms with Crippen molar-refractivity contribution in [2.75, 3.05) is 6.54 Å². The zero-order valence-corrected chi connectivity index (χ0v) is 14.8. The fraction of sp³-hybridized carbons (Fsp3) is 0.300. The van der Waals surface area contributed by atoms with Gasteiger partial charge < -0.3 is 10.0 Å². The van der Waals surface area contributed by atoms with E-state index in [1.165, 1.54) is 0 Å². The quantitative estimate of drug-likeness (QED) is 0.905. The van der Waals surface area contributed by atoms with E-state index in [0.29, 0.717) is 24.5 Å². The van der Waals surface area contributed by atoms with Crippen molar-refractivity contribution in [3.8, 4) is 0 Å². The lowest BCUT2D eigenvalue weighted by atomic mass is 9.95. The first-order valence-corrected chi connectivity index (χ1v) is 8.71. The average Bonchev–Trinajstić information content (AvgIpc) is 2.62. The normalized spacial score (nSPS) is 14.7. The molecule has 25 heavy (non-hydrogen) atoms. The van der Waals surface area contributed by atoms with Gasteiger partial charge in [-0.3, -0.25) is 4.79 Å². The van der Waals surface area contributed by atoms with E-state index in [1.807, 2.05) is 42.2 Å². The van der Waals surface area contributed by atoms with Gasteiger partial charge in [-0.15, -0.1) is 0 Å². The second kappa shape index (κ2) is 7.28. The van der Waals surface area contributed by atoms with Crippen molar-refractivity contribution in [2.24, 2.45) is 5.92 Å². The zero-order valence-electron chi connectivity index (χ0n) is 14.0. The predicted octanol–water partition coefficient (Wildman–Crippen LogP) is 3.80. The molecule has 0 fully saturated rings. The Labute approximate surface area is 152 Å². The van der Waals surface area contributed by atoms with Crippen molar-refractivity contribution in [3.05, 3.63) is 69.7 Å². The molecule has 1 N–H and O–H groups in total. The van der Waals surface area contributed by atoms with Gasteiger partial charge in [0, 0.05) is 24.0 Å². The first-order valence-electron chi connectivity index (χ1n) is 8.33. The molecule has 5 heteroatoms. The third-order valence-electron chi connectivity index (χ3n) is 4.68. The Hall–Kier alpha value is -2.33. The maximum atomic E-state index is 12.8. The Morgan fingerprint density at radius 1 is 1.20 bits per heavy atom. The molecule has 130 valence electrons. The first-order chi connectivity index (χ1) is 12.0. The molecule has 1 heterocycles. The molecule has 1 aliphatic rings. The molecule has 0 aliphatic carbocycles. The molecule has 1 unspecified atom stereocenters. The number of fused-ring (bicyclic) bond motifs is 1. The Morgan fingerprint density at radius 2 is 1.96 bits per heavy atom. The summed E-state index contributed by atoms with van der Waals surface area (Å²) in [5, 5.41) is 9.82. The lowest BCUT2D eigenvalue weighted by Gasteiger charge is -2.31. The molecule has 0 bridgehead atoms. The molecule has 0 aromatic heterocycles. The third-order valence-corrected chi connectivity index (χ3v) is 5.05. The molecule has 0 radical (unpaired) electrons. The smallest absolute Gasteiger partial charge is 0.335 e. The number of aromatic carboxylic acids is 1. The van der Waals surface area contributed by atoms with Crippen LogP contribution in [-0.2, 0) is 24.2 Å². The fourth-order valence-corrected chi connectivity index (χ4v) is 3.48. The van der Waals surface area contributed by atoms with Crippen LogP contribution < -0.4 is 0 Å². The Balaban J connectivity index is 1.72. The molecule has 2 aromatic rings. The van der Waals surface area contributed by atoms with Gasteiger partial charge in [-0.25, -0.2) is 4.79 Å². The van der Waals surface area contributed by atoms with E-state index >= 15 is 0 Å². The summed E-state index contributed by atoms with van der Waals surface area (Å²) in [6.45, 7) is 3.03. The minimum atomic E-state index is -0.946. The Bertz CT molecular complexity index is 818. The SMILES string of the molecule is CC(Cc1ccccc1Cl)C(=O)N1CCc2ccc(C(=O)O)cc2C1. The van der Waals surface area contributed by atoms with Gasteiger partial charge in [0.2, 0.25) is 5.91 Å². The van der Waals surface area contributed by atoms with Crippen molar-refractivity contribution in [3.63, 3.8) is 0 Å². The van der Waals surface area contributed by atoms with Gasteiger partial charge in [0.25, 0.3) is 0 Å². The highest BCUT2D eigenvalue weighted by atomic mass is 35.5. The molecule has 0 saturated carbocycles. The van der Waals surface area contributed by atoms with Gasteiger partial charge >= 0.3 is 5.97 Å². The molecule has 2 aromatic carbocycles. The Morgan fingerprint density at radius 3 is 2.68 bits per heavy atom. The van der Waals surface area contributed by atoms with Gasteiger partial charge in [-0.1, -0.05) is 42.8 Å². The summed E-state index contributed by atoms with van der Waals surface area (Å²) in [5.41, 5.74) is 3.27. The Kier molecular flexibility index (Phi) is 5.09. The number of carboxylic acid groups (broad SMARTS) is 1. The summed E-state index contributed by atoms with van der Waals surface area (Å²) < 4.78 is 0. The van der Waals surface area contributed by atoms with Crippen LogP contribution >= 0.6 is 11.6 Å². The second-order valence-electron chi connectivity index (χ2n) is 6.50. The van der Waals surface area contributed by atoms with Gasteiger partial charge in [0.15, 0.2) is 0 Å². The number of carbonyl (C=O) groups is 2. The topological polar surface area (TPSA) is 57.6 Å². The molecule has 0 spiro atoms. The predicted molar refractivity (Wildman–Crippen MR) is 96.8 cm³/mol. The van der Waals surface area contributed by atoms with E-state index in [-0.39, 0.29) is 17.4 Å². The van der Waals surface area contributed by atoms with Crippen LogP contribution in [0, 0.1) is 5.92 Å². The minimum Gasteiger partial charge on any atom is -0.478 e. The number of amides is 1. The van der Waals surface area contributed by atoms with Crippen molar-refractivity contribution < 1.29 is 14.7 Å².